The fourth-order valence-electron chi connectivity index (χ4n) is 3.09. The molecule has 154 valence electrons. The average molecular weight is 428 g/mol. The van der Waals surface area contributed by atoms with Crippen LogP contribution in [0.4, 0.5) is 13.2 Å². The maximum atomic E-state index is 12.9. The van der Waals surface area contributed by atoms with Crippen LogP contribution in [0.1, 0.15) is 15.9 Å². The van der Waals surface area contributed by atoms with Crippen LogP contribution in [0, 0.1) is 0 Å². The summed E-state index contributed by atoms with van der Waals surface area (Å²) >= 11 is 5.90. The number of hydrogen-bond acceptors (Lipinski definition) is 3. The van der Waals surface area contributed by atoms with E-state index in [2.05, 4.69) is 0 Å². The SMILES string of the molecule is O=C(Cn1cccc(C(F)(F)F)c1=O)N1CCN(C(=O)c2cccc(Cl)c2)CC1. The van der Waals surface area contributed by atoms with Gasteiger partial charge in [0.15, 0.2) is 0 Å². The van der Waals surface area contributed by atoms with Crippen molar-refractivity contribution in [1.29, 1.82) is 0 Å². The highest BCUT2D eigenvalue weighted by Crippen LogP contribution is 2.26. The van der Waals surface area contributed by atoms with Gasteiger partial charge in [-0.25, -0.2) is 0 Å². The third-order valence-corrected chi connectivity index (χ3v) is 4.86. The number of hydrogen-bond donors (Lipinski definition) is 0. The van der Waals surface area contributed by atoms with Crippen LogP contribution in [0.25, 0.3) is 0 Å². The number of alkyl halides is 3. The van der Waals surface area contributed by atoms with E-state index in [9.17, 15) is 27.6 Å². The second-order valence-electron chi connectivity index (χ2n) is 6.54. The van der Waals surface area contributed by atoms with Crippen LogP contribution in [0.5, 0.6) is 0 Å². The molecule has 0 bridgehead atoms. The molecule has 0 atom stereocenters. The van der Waals surface area contributed by atoms with Crippen molar-refractivity contribution in [3.8, 4) is 0 Å². The Bertz CT molecular complexity index is 982. The van der Waals surface area contributed by atoms with Gasteiger partial charge < -0.3 is 14.4 Å². The van der Waals surface area contributed by atoms with Crippen LogP contribution < -0.4 is 5.56 Å². The highest BCUT2D eigenvalue weighted by atomic mass is 35.5. The molecule has 0 saturated carbocycles. The van der Waals surface area contributed by atoms with E-state index < -0.39 is 29.8 Å². The van der Waals surface area contributed by atoms with Gasteiger partial charge in [0.1, 0.15) is 12.1 Å². The Morgan fingerprint density at radius 1 is 1.00 bits per heavy atom. The fraction of sp³-hybridized carbons (Fsp3) is 0.316. The first kappa shape index (κ1) is 20.9. The lowest BCUT2D eigenvalue weighted by atomic mass is 10.2. The van der Waals surface area contributed by atoms with Crippen molar-refractivity contribution in [3.63, 3.8) is 0 Å². The third kappa shape index (κ3) is 4.79. The fourth-order valence-corrected chi connectivity index (χ4v) is 3.28. The molecule has 10 heteroatoms. The predicted molar refractivity (Wildman–Crippen MR) is 99.6 cm³/mol. The zero-order chi connectivity index (χ0) is 21.2. The summed E-state index contributed by atoms with van der Waals surface area (Å²) in [6.45, 7) is 0.492. The Morgan fingerprint density at radius 2 is 1.66 bits per heavy atom. The molecule has 3 rings (SSSR count). The van der Waals surface area contributed by atoms with Gasteiger partial charge in [0.05, 0.1) is 0 Å². The monoisotopic (exact) mass is 427 g/mol. The van der Waals surface area contributed by atoms with E-state index in [1.807, 2.05) is 0 Å². The molecule has 1 fully saturated rings. The molecule has 0 spiro atoms. The predicted octanol–water partition coefficient (Wildman–Crippen LogP) is 2.51. The first-order chi connectivity index (χ1) is 13.7. The lowest BCUT2D eigenvalue weighted by Crippen LogP contribution is -2.51. The van der Waals surface area contributed by atoms with E-state index in [4.69, 9.17) is 11.6 Å². The molecule has 2 amide bonds. The molecule has 0 unspecified atom stereocenters. The summed E-state index contributed by atoms with van der Waals surface area (Å²) in [5.41, 5.74) is -2.14. The number of amides is 2. The molecule has 0 radical (unpaired) electrons. The second kappa shape index (κ2) is 8.28. The van der Waals surface area contributed by atoms with Crippen molar-refractivity contribution in [3.05, 3.63) is 69.1 Å². The smallest absolute Gasteiger partial charge is 0.338 e. The Balaban J connectivity index is 1.62. The number of pyridine rings is 1. The Morgan fingerprint density at radius 3 is 2.28 bits per heavy atom. The number of aromatic nitrogens is 1. The zero-order valence-corrected chi connectivity index (χ0v) is 15.9. The van der Waals surface area contributed by atoms with Gasteiger partial charge in [-0.2, -0.15) is 13.2 Å². The minimum absolute atomic E-state index is 0.214. The standard InChI is InChI=1S/C19H17ClF3N3O3/c20-14-4-1-3-13(11-14)17(28)25-9-7-24(8-10-25)16(27)12-26-6-2-5-15(18(26)29)19(21,22)23/h1-6,11H,7-10,12H2. The lowest BCUT2D eigenvalue weighted by Gasteiger charge is -2.35. The maximum absolute atomic E-state index is 12.9. The maximum Gasteiger partial charge on any atom is 0.421 e. The van der Waals surface area contributed by atoms with Gasteiger partial charge in [0.25, 0.3) is 11.5 Å². The second-order valence-corrected chi connectivity index (χ2v) is 6.97. The van der Waals surface area contributed by atoms with Crippen LogP contribution in [0.2, 0.25) is 5.02 Å². The Labute approximate surface area is 169 Å². The topological polar surface area (TPSA) is 62.6 Å². The number of piperazine rings is 1. The van der Waals surface area contributed by atoms with Crippen LogP contribution in [0.15, 0.2) is 47.4 Å². The molecule has 2 heterocycles. The molecule has 1 aromatic carbocycles. The average Bonchev–Trinajstić information content (AvgIpc) is 2.68. The molecule has 2 aromatic rings. The highest BCUT2D eigenvalue weighted by molar-refractivity contribution is 6.30. The summed E-state index contributed by atoms with van der Waals surface area (Å²) in [6, 6.07) is 8.29. The van der Waals surface area contributed by atoms with Crippen LogP contribution >= 0.6 is 11.6 Å². The molecule has 1 aliphatic rings. The quantitative estimate of drug-likeness (QED) is 0.756. The molecule has 29 heavy (non-hydrogen) atoms. The van der Waals surface area contributed by atoms with Crippen molar-refractivity contribution in [2.75, 3.05) is 26.2 Å². The lowest BCUT2D eigenvalue weighted by molar-refractivity contribution is -0.139. The van der Waals surface area contributed by atoms with Gasteiger partial charge in [-0.05, 0) is 30.3 Å². The molecule has 1 saturated heterocycles. The van der Waals surface area contributed by atoms with Crippen LogP contribution in [0.3, 0.4) is 0 Å². The molecule has 0 aliphatic carbocycles. The van der Waals surface area contributed by atoms with Gasteiger partial charge in [0.2, 0.25) is 5.91 Å². The summed E-state index contributed by atoms with van der Waals surface area (Å²) in [4.78, 5) is 39.9. The minimum atomic E-state index is -4.78. The highest BCUT2D eigenvalue weighted by Gasteiger charge is 2.34. The Hall–Kier alpha value is -2.81. The van der Waals surface area contributed by atoms with E-state index >= 15 is 0 Å². The van der Waals surface area contributed by atoms with Gasteiger partial charge in [-0.15, -0.1) is 0 Å². The minimum Gasteiger partial charge on any atom is -0.338 e. The van der Waals surface area contributed by atoms with Gasteiger partial charge in [-0.3, -0.25) is 14.4 Å². The first-order valence-corrected chi connectivity index (χ1v) is 9.14. The van der Waals surface area contributed by atoms with Crippen LogP contribution in [-0.4, -0.2) is 52.4 Å². The summed E-state index contributed by atoms with van der Waals surface area (Å²) < 4.78 is 39.3. The normalized spacial score (nSPS) is 14.8. The van der Waals surface area contributed by atoms with E-state index in [0.29, 0.717) is 16.7 Å². The zero-order valence-electron chi connectivity index (χ0n) is 15.2. The number of rotatable bonds is 3. The third-order valence-electron chi connectivity index (χ3n) is 4.62. The molecule has 0 N–H and O–H groups in total. The van der Waals surface area contributed by atoms with Gasteiger partial charge in [-0.1, -0.05) is 17.7 Å². The van der Waals surface area contributed by atoms with Crippen molar-refractivity contribution < 1.29 is 22.8 Å². The largest absolute Gasteiger partial charge is 0.421 e. The van der Waals surface area contributed by atoms with Crippen molar-refractivity contribution in [2.45, 2.75) is 12.7 Å². The molecule has 6 nitrogen and oxygen atoms in total. The molecule has 1 aliphatic heterocycles. The first-order valence-electron chi connectivity index (χ1n) is 8.76. The van der Waals surface area contributed by atoms with E-state index in [1.54, 1.807) is 29.2 Å². The molecular weight excluding hydrogens is 411 g/mol. The van der Waals surface area contributed by atoms with E-state index in [-0.39, 0.29) is 32.1 Å². The molecule has 1 aromatic heterocycles. The van der Waals surface area contributed by atoms with Crippen molar-refractivity contribution in [2.24, 2.45) is 0 Å². The van der Waals surface area contributed by atoms with Crippen molar-refractivity contribution in [1.82, 2.24) is 14.4 Å². The number of carbonyl (C=O) groups excluding carboxylic acids is 2. The number of nitrogens with zero attached hydrogens (tertiary/aromatic N) is 3. The number of benzene rings is 1. The van der Waals surface area contributed by atoms with E-state index in [0.717, 1.165) is 16.8 Å². The molecular formula is C19H17ClF3N3O3. The van der Waals surface area contributed by atoms with Gasteiger partial charge in [0, 0.05) is 43.0 Å². The summed E-state index contributed by atoms with van der Waals surface area (Å²) in [5, 5.41) is 0.441. The van der Waals surface area contributed by atoms with Crippen molar-refractivity contribution >= 4 is 23.4 Å². The van der Waals surface area contributed by atoms with Gasteiger partial charge >= 0.3 is 6.18 Å². The summed E-state index contributed by atoms with van der Waals surface area (Å²) in [7, 11) is 0. The van der Waals surface area contributed by atoms with E-state index in [1.165, 1.54) is 4.90 Å². The number of halogens is 4. The summed E-state index contributed by atoms with van der Waals surface area (Å²) in [6.07, 6.45) is -3.64. The summed E-state index contributed by atoms with van der Waals surface area (Å²) in [5.74, 6) is -0.699. The number of carbonyl (C=O) groups is 2. The Kier molecular flexibility index (Phi) is 5.97. The van der Waals surface area contributed by atoms with Crippen LogP contribution in [-0.2, 0) is 17.5 Å².